The van der Waals surface area contributed by atoms with Gasteiger partial charge in [-0.1, -0.05) is 57.7 Å². The first-order chi connectivity index (χ1) is 20.8. The Balaban J connectivity index is 2.84. The molecule has 0 unspecified atom stereocenters. The van der Waals surface area contributed by atoms with E-state index in [2.05, 4.69) is 65.8 Å². The predicted molar refractivity (Wildman–Crippen MR) is 182 cm³/mol. The van der Waals surface area contributed by atoms with Gasteiger partial charge in [0.2, 0.25) is 0 Å². The van der Waals surface area contributed by atoms with Crippen LogP contribution in [0.1, 0.15) is 127 Å². The molecule has 2 N–H and O–H groups in total. The van der Waals surface area contributed by atoms with Crippen molar-refractivity contribution in [2.24, 2.45) is 0 Å². The van der Waals surface area contributed by atoms with Crippen LogP contribution in [0, 0.1) is 0 Å². The van der Waals surface area contributed by atoms with Crippen molar-refractivity contribution in [2.75, 3.05) is 13.2 Å². The summed E-state index contributed by atoms with van der Waals surface area (Å²) in [6.45, 7) is 17.1. The number of rotatable bonds is 20. The Morgan fingerprint density at radius 3 is 1.39 bits per heavy atom. The minimum Gasteiger partial charge on any atom is -0.489 e. The van der Waals surface area contributed by atoms with Gasteiger partial charge in [-0.05, 0) is 125 Å². The number of hydrogen-bond donors (Lipinski definition) is 2. The maximum Gasteiger partial charge on any atom is 0.340 e. The maximum absolute atomic E-state index is 12.0. The van der Waals surface area contributed by atoms with Crippen molar-refractivity contribution in [1.29, 1.82) is 0 Å². The van der Waals surface area contributed by atoms with Crippen LogP contribution in [0.2, 0.25) is 0 Å². The topological polar surface area (TPSA) is 93.1 Å². The second kappa shape index (κ2) is 21.0. The SMILES string of the molecule is CC(C)=CCCC(C)=CCCC(C)=CCOc1cc(OCC=C(C)CCC=C(C)CCC=C(C)C)c(C(=O)O)c(C(=O)O)c1. The summed E-state index contributed by atoms with van der Waals surface area (Å²) in [5.74, 6) is -2.50. The molecule has 1 rings (SSSR count). The standard InChI is InChI=1S/C38H54O6/c1-27(2)13-9-15-29(5)17-11-19-31(7)21-23-43-33-25-34(37(39)40)36(38(41)42)35(26-33)44-24-22-32(8)20-12-18-30(6)16-10-14-28(3)4/h13-14,17-18,21-22,25-26H,9-12,15-16,19-20,23-24H2,1-8H3,(H,39,40)(H,41,42). The maximum atomic E-state index is 12.0. The minimum absolute atomic E-state index is 0.0270. The van der Waals surface area contributed by atoms with Crippen molar-refractivity contribution in [3.05, 3.63) is 93.2 Å². The first-order valence-electron chi connectivity index (χ1n) is 15.6. The molecule has 0 aliphatic heterocycles. The van der Waals surface area contributed by atoms with E-state index in [0.717, 1.165) is 62.5 Å². The van der Waals surface area contributed by atoms with Gasteiger partial charge in [-0.2, -0.15) is 0 Å². The Morgan fingerprint density at radius 1 is 0.568 bits per heavy atom. The van der Waals surface area contributed by atoms with Gasteiger partial charge in [0.1, 0.15) is 30.3 Å². The van der Waals surface area contributed by atoms with Crippen LogP contribution in [0.4, 0.5) is 0 Å². The molecule has 0 atom stereocenters. The fraction of sp³-hybridized carbons (Fsp3) is 0.474. The summed E-state index contributed by atoms with van der Waals surface area (Å²) in [6, 6.07) is 2.70. The average Bonchev–Trinajstić information content (AvgIpc) is 2.92. The summed E-state index contributed by atoms with van der Waals surface area (Å²) in [5, 5.41) is 19.5. The molecule has 0 aliphatic carbocycles. The summed E-state index contributed by atoms with van der Waals surface area (Å²) >= 11 is 0. The van der Waals surface area contributed by atoms with Crippen LogP contribution in [-0.4, -0.2) is 35.4 Å². The van der Waals surface area contributed by atoms with E-state index in [1.807, 2.05) is 26.0 Å². The Hall–Kier alpha value is -3.80. The van der Waals surface area contributed by atoms with E-state index in [1.54, 1.807) is 0 Å². The van der Waals surface area contributed by atoms with Crippen molar-refractivity contribution in [3.8, 4) is 11.5 Å². The number of carbonyl (C=O) groups is 2. The molecule has 6 heteroatoms. The smallest absolute Gasteiger partial charge is 0.340 e. The largest absolute Gasteiger partial charge is 0.489 e. The molecule has 0 radical (unpaired) electrons. The van der Waals surface area contributed by atoms with Crippen LogP contribution in [0.3, 0.4) is 0 Å². The average molecular weight is 607 g/mol. The summed E-state index contributed by atoms with van der Waals surface area (Å²) in [4.78, 5) is 23.9. The molecule has 0 aromatic heterocycles. The third-order valence-corrected chi connectivity index (χ3v) is 7.12. The van der Waals surface area contributed by atoms with Crippen molar-refractivity contribution in [3.63, 3.8) is 0 Å². The van der Waals surface area contributed by atoms with Gasteiger partial charge in [-0.3, -0.25) is 0 Å². The summed E-state index contributed by atoms with van der Waals surface area (Å²) in [7, 11) is 0. The summed E-state index contributed by atoms with van der Waals surface area (Å²) < 4.78 is 11.6. The highest BCUT2D eigenvalue weighted by atomic mass is 16.5. The molecular formula is C38H54O6. The molecule has 0 amide bonds. The van der Waals surface area contributed by atoms with E-state index in [1.165, 1.54) is 34.4 Å². The van der Waals surface area contributed by atoms with Crippen LogP contribution in [0.25, 0.3) is 0 Å². The van der Waals surface area contributed by atoms with Crippen molar-refractivity contribution >= 4 is 11.9 Å². The first-order valence-corrected chi connectivity index (χ1v) is 15.6. The van der Waals surface area contributed by atoms with Gasteiger partial charge in [0.15, 0.2) is 0 Å². The predicted octanol–water partition coefficient (Wildman–Crippen LogP) is 10.7. The van der Waals surface area contributed by atoms with Crippen LogP contribution >= 0.6 is 0 Å². The second-order valence-corrected chi connectivity index (χ2v) is 12.0. The number of allylic oxidation sites excluding steroid dienone is 10. The van der Waals surface area contributed by atoms with Gasteiger partial charge in [0.25, 0.3) is 0 Å². The Labute approximate surface area is 265 Å². The van der Waals surface area contributed by atoms with E-state index >= 15 is 0 Å². The Kier molecular flexibility index (Phi) is 18.2. The number of hydrogen-bond acceptors (Lipinski definition) is 4. The van der Waals surface area contributed by atoms with E-state index in [0.29, 0.717) is 0 Å². The van der Waals surface area contributed by atoms with Crippen molar-refractivity contribution < 1.29 is 29.3 Å². The van der Waals surface area contributed by atoms with Crippen LogP contribution in [0.15, 0.2) is 82.0 Å². The third-order valence-electron chi connectivity index (χ3n) is 7.12. The number of ether oxygens (including phenoxy) is 2. The van der Waals surface area contributed by atoms with E-state index in [-0.39, 0.29) is 35.8 Å². The number of benzene rings is 1. The highest BCUT2D eigenvalue weighted by Crippen LogP contribution is 2.30. The highest BCUT2D eigenvalue weighted by molar-refractivity contribution is 6.04. The summed E-state index contributed by atoms with van der Waals surface area (Å²) in [5.41, 5.74) is 6.93. The van der Waals surface area contributed by atoms with Gasteiger partial charge in [-0.15, -0.1) is 0 Å². The molecule has 0 aliphatic rings. The highest BCUT2D eigenvalue weighted by Gasteiger charge is 2.23. The van der Waals surface area contributed by atoms with Gasteiger partial charge in [0, 0.05) is 6.07 Å². The number of carboxylic acid groups (broad SMARTS) is 2. The summed E-state index contributed by atoms with van der Waals surface area (Å²) in [6.07, 6.45) is 20.7. The normalized spacial score (nSPS) is 12.5. The van der Waals surface area contributed by atoms with Crippen LogP contribution in [-0.2, 0) is 0 Å². The lowest BCUT2D eigenvalue weighted by Gasteiger charge is -2.13. The second-order valence-electron chi connectivity index (χ2n) is 12.0. The third kappa shape index (κ3) is 16.7. The molecular weight excluding hydrogens is 552 g/mol. The molecule has 1 aromatic rings. The van der Waals surface area contributed by atoms with E-state index in [4.69, 9.17) is 9.47 Å². The zero-order valence-electron chi connectivity index (χ0n) is 28.2. The molecule has 1 aromatic carbocycles. The van der Waals surface area contributed by atoms with Gasteiger partial charge < -0.3 is 19.7 Å². The minimum atomic E-state index is -1.36. The molecule has 44 heavy (non-hydrogen) atoms. The molecule has 0 saturated heterocycles. The van der Waals surface area contributed by atoms with Crippen LogP contribution in [0.5, 0.6) is 11.5 Å². The van der Waals surface area contributed by atoms with Crippen LogP contribution < -0.4 is 9.47 Å². The van der Waals surface area contributed by atoms with Crippen molar-refractivity contribution in [1.82, 2.24) is 0 Å². The van der Waals surface area contributed by atoms with Gasteiger partial charge in [0.05, 0.1) is 5.56 Å². The molecule has 0 fully saturated rings. The van der Waals surface area contributed by atoms with E-state index in [9.17, 15) is 19.8 Å². The molecule has 0 saturated carbocycles. The first kappa shape index (κ1) is 38.2. The lowest BCUT2D eigenvalue weighted by molar-refractivity contribution is 0.0647. The quantitative estimate of drug-likeness (QED) is 0.143. The molecule has 0 spiro atoms. The van der Waals surface area contributed by atoms with Crippen molar-refractivity contribution in [2.45, 2.75) is 107 Å². The van der Waals surface area contributed by atoms with E-state index < -0.39 is 11.9 Å². The molecule has 0 bridgehead atoms. The van der Waals surface area contributed by atoms with Gasteiger partial charge >= 0.3 is 11.9 Å². The van der Waals surface area contributed by atoms with Gasteiger partial charge in [-0.25, -0.2) is 9.59 Å². The zero-order valence-corrected chi connectivity index (χ0v) is 28.2. The fourth-order valence-corrected chi connectivity index (χ4v) is 4.41. The lowest BCUT2D eigenvalue weighted by Crippen LogP contribution is -2.12. The Bertz CT molecular complexity index is 1280. The number of carboxylic acids is 2. The monoisotopic (exact) mass is 606 g/mol. The zero-order chi connectivity index (χ0) is 33.1. The molecule has 242 valence electrons. The fourth-order valence-electron chi connectivity index (χ4n) is 4.41. The lowest BCUT2D eigenvalue weighted by atomic mass is 10.1. The Morgan fingerprint density at radius 2 is 0.977 bits per heavy atom. The molecule has 6 nitrogen and oxygen atoms in total. The number of aromatic carboxylic acids is 2. The molecule has 0 heterocycles.